The highest BCUT2D eigenvalue weighted by molar-refractivity contribution is 7.89. The largest absolute Gasteiger partial charge is 0.329 e. The van der Waals surface area contributed by atoms with Gasteiger partial charge in [-0.05, 0) is 31.6 Å². The van der Waals surface area contributed by atoms with Crippen molar-refractivity contribution in [2.75, 3.05) is 18.8 Å². The maximum Gasteiger partial charge on any atom is 0.214 e. The van der Waals surface area contributed by atoms with Crippen LogP contribution < -0.4 is 5.73 Å². The molecule has 1 unspecified atom stereocenters. The molecule has 15 heavy (non-hydrogen) atoms. The fourth-order valence-corrected chi connectivity index (χ4v) is 4.26. The van der Waals surface area contributed by atoms with Crippen LogP contribution in [0.25, 0.3) is 0 Å². The van der Waals surface area contributed by atoms with E-state index < -0.39 is 10.0 Å². The first-order valence-electron chi connectivity index (χ1n) is 5.33. The van der Waals surface area contributed by atoms with E-state index in [1.54, 1.807) is 4.31 Å². The molecule has 1 atom stereocenters. The molecule has 4 nitrogen and oxygen atoms in total. The molecular weight excluding hydrogens is 236 g/mol. The van der Waals surface area contributed by atoms with Crippen molar-refractivity contribution in [3.63, 3.8) is 0 Å². The number of sulfonamides is 1. The van der Waals surface area contributed by atoms with Crippen molar-refractivity contribution < 1.29 is 8.42 Å². The van der Waals surface area contributed by atoms with Crippen LogP contribution in [-0.2, 0) is 10.0 Å². The molecule has 1 aliphatic carbocycles. The Morgan fingerprint density at radius 2 is 1.93 bits per heavy atom. The molecule has 1 aliphatic heterocycles. The minimum atomic E-state index is -3.00. The van der Waals surface area contributed by atoms with Gasteiger partial charge in [-0.3, -0.25) is 0 Å². The Hall–Kier alpha value is 0.160. The van der Waals surface area contributed by atoms with Gasteiger partial charge in [-0.2, -0.15) is 4.31 Å². The molecule has 0 bridgehead atoms. The lowest BCUT2D eigenvalue weighted by Crippen LogP contribution is -2.41. The highest BCUT2D eigenvalue weighted by Crippen LogP contribution is 2.32. The van der Waals surface area contributed by atoms with E-state index in [0.29, 0.717) is 24.8 Å². The standard InChI is InChI=1S/C9H18N2O2S.ClH/c10-6-9-2-1-5-11(9)14(12,13)7-8-3-4-8;/h8-9H,1-7,10H2;1H. The zero-order valence-electron chi connectivity index (χ0n) is 8.76. The third-order valence-corrected chi connectivity index (χ3v) is 5.18. The first kappa shape index (κ1) is 13.2. The molecule has 0 amide bonds. The molecule has 2 aliphatic rings. The van der Waals surface area contributed by atoms with Crippen LogP contribution >= 0.6 is 12.4 Å². The molecular formula is C9H19ClN2O2S. The summed E-state index contributed by atoms with van der Waals surface area (Å²) < 4.78 is 25.5. The molecule has 2 fully saturated rings. The summed E-state index contributed by atoms with van der Waals surface area (Å²) >= 11 is 0. The molecule has 0 spiro atoms. The van der Waals surface area contributed by atoms with Crippen molar-refractivity contribution in [2.24, 2.45) is 11.7 Å². The number of nitrogens with zero attached hydrogens (tertiary/aromatic N) is 1. The van der Waals surface area contributed by atoms with Crippen molar-refractivity contribution in [2.45, 2.75) is 31.7 Å². The Kier molecular flexibility index (Phi) is 4.40. The third kappa shape index (κ3) is 3.06. The Bertz CT molecular complexity index is 303. The first-order chi connectivity index (χ1) is 6.63. The molecule has 0 aromatic heterocycles. The molecule has 2 N–H and O–H groups in total. The van der Waals surface area contributed by atoms with Crippen LogP contribution in [0.1, 0.15) is 25.7 Å². The molecule has 6 heteroatoms. The second-order valence-corrected chi connectivity index (χ2v) is 6.33. The van der Waals surface area contributed by atoms with E-state index in [2.05, 4.69) is 0 Å². The maximum absolute atomic E-state index is 11.9. The molecule has 2 rings (SSSR count). The summed E-state index contributed by atoms with van der Waals surface area (Å²) in [6.07, 6.45) is 4.06. The monoisotopic (exact) mass is 254 g/mol. The smallest absolute Gasteiger partial charge is 0.214 e. The van der Waals surface area contributed by atoms with E-state index in [9.17, 15) is 8.42 Å². The summed E-state index contributed by atoms with van der Waals surface area (Å²) in [4.78, 5) is 0. The number of rotatable bonds is 4. The van der Waals surface area contributed by atoms with E-state index in [0.717, 1.165) is 25.7 Å². The Morgan fingerprint density at radius 3 is 2.47 bits per heavy atom. The predicted octanol–water partition coefficient (Wildman–Crippen LogP) is 0.571. The van der Waals surface area contributed by atoms with Crippen LogP contribution in [0.2, 0.25) is 0 Å². The maximum atomic E-state index is 11.9. The molecule has 0 aromatic rings. The average molecular weight is 255 g/mol. The van der Waals surface area contributed by atoms with E-state index in [-0.39, 0.29) is 18.4 Å². The molecule has 0 radical (unpaired) electrons. The average Bonchev–Trinajstić information content (AvgIpc) is 2.80. The van der Waals surface area contributed by atoms with E-state index >= 15 is 0 Å². The molecule has 1 heterocycles. The Morgan fingerprint density at radius 1 is 1.27 bits per heavy atom. The van der Waals surface area contributed by atoms with Gasteiger partial charge >= 0.3 is 0 Å². The van der Waals surface area contributed by atoms with Gasteiger partial charge in [-0.25, -0.2) is 8.42 Å². The van der Waals surface area contributed by atoms with Crippen molar-refractivity contribution in [1.29, 1.82) is 0 Å². The first-order valence-corrected chi connectivity index (χ1v) is 6.94. The highest BCUT2D eigenvalue weighted by Gasteiger charge is 2.37. The quantitative estimate of drug-likeness (QED) is 0.798. The SMILES string of the molecule is Cl.NCC1CCCN1S(=O)(=O)CC1CC1. The van der Waals surface area contributed by atoms with Crippen LogP contribution in [0.4, 0.5) is 0 Å². The number of hydrogen-bond acceptors (Lipinski definition) is 3. The van der Waals surface area contributed by atoms with Crippen molar-refractivity contribution in [1.82, 2.24) is 4.31 Å². The van der Waals surface area contributed by atoms with Crippen LogP contribution in [0, 0.1) is 5.92 Å². The molecule has 0 aromatic carbocycles. The second-order valence-electron chi connectivity index (χ2n) is 4.36. The number of hydrogen-bond donors (Lipinski definition) is 1. The van der Waals surface area contributed by atoms with Gasteiger partial charge in [-0.15, -0.1) is 12.4 Å². The van der Waals surface area contributed by atoms with Crippen molar-refractivity contribution >= 4 is 22.4 Å². The Balaban J connectivity index is 0.00000112. The summed E-state index contributed by atoms with van der Waals surface area (Å²) in [7, 11) is -3.00. The minimum Gasteiger partial charge on any atom is -0.329 e. The molecule has 1 saturated heterocycles. The Labute approximate surface area is 97.7 Å². The van der Waals surface area contributed by atoms with Gasteiger partial charge in [0.05, 0.1) is 5.75 Å². The number of nitrogens with two attached hydrogens (primary N) is 1. The summed E-state index contributed by atoms with van der Waals surface area (Å²) in [6, 6.07) is 0.0683. The fraction of sp³-hybridized carbons (Fsp3) is 1.00. The van der Waals surface area contributed by atoms with Gasteiger partial charge < -0.3 is 5.73 Å². The van der Waals surface area contributed by atoms with E-state index in [1.165, 1.54) is 0 Å². The summed E-state index contributed by atoms with van der Waals surface area (Å²) in [6.45, 7) is 1.14. The van der Waals surface area contributed by atoms with Crippen molar-refractivity contribution in [3.05, 3.63) is 0 Å². The van der Waals surface area contributed by atoms with Crippen molar-refractivity contribution in [3.8, 4) is 0 Å². The summed E-state index contributed by atoms with van der Waals surface area (Å²) in [5, 5.41) is 0. The lowest BCUT2D eigenvalue weighted by Gasteiger charge is -2.22. The third-order valence-electron chi connectivity index (χ3n) is 3.10. The van der Waals surface area contributed by atoms with Crippen LogP contribution in [0.5, 0.6) is 0 Å². The zero-order valence-corrected chi connectivity index (χ0v) is 10.4. The highest BCUT2D eigenvalue weighted by atomic mass is 35.5. The summed E-state index contributed by atoms with van der Waals surface area (Å²) in [5.41, 5.74) is 5.56. The summed E-state index contributed by atoms with van der Waals surface area (Å²) in [5.74, 6) is 0.780. The minimum absolute atomic E-state index is 0. The van der Waals surface area contributed by atoms with E-state index in [4.69, 9.17) is 5.73 Å². The predicted molar refractivity (Wildman–Crippen MR) is 62.5 cm³/mol. The second kappa shape index (κ2) is 4.99. The topological polar surface area (TPSA) is 63.4 Å². The van der Waals surface area contributed by atoms with Gasteiger partial charge in [0.15, 0.2) is 0 Å². The van der Waals surface area contributed by atoms with E-state index in [1.807, 2.05) is 0 Å². The van der Waals surface area contributed by atoms with Gasteiger partial charge in [0.25, 0.3) is 0 Å². The normalized spacial score (nSPS) is 27.7. The zero-order chi connectivity index (χ0) is 10.2. The van der Waals surface area contributed by atoms with Gasteiger partial charge in [0, 0.05) is 19.1 Å². The number of halogens is 1. The van der Waals surface area contributed by atoms with Gasteiger partial charge in [0.2, 0.25) is 10.0 Å². The lowest BCUT2D eigenvalue weighted by atomic mass is 10.2. The van der Waals surface area contributed by atoms with Crippen LogP contribution in [0.15, 0.2) is 0 Å². The van der Waals surface area contributed by atoms with Crippen LogP contribution in [0.3, 0.4) is 0 Å². The molecule has 90 valence electrons. The van der Waals surface area contributed by atoms with Crippen LogP contribution in [-0.4, -0.2) is 37.6 Å². The lowest BCUT2D eigenvalue weighted by molar-refractivity contribution is 0.392. The van der Waals surface area contributed by atoms with Gasteiger partial charge in [-0.1, -0.05) is 0 Å². The fourth-order valence-electron chi connectivity index (χ4n) is 2.09. The van der Waals surface area contributed by atoms with Gasteiger partial charge in [0.1, 0.15) is 0 Å². The molecule has 1 saturated carbocycles.